The van der Waals surface area contributed by atoms with Gasteiger partial charge in [0.15, 0.2) is 5.13 Å². The minimum Gasteiger partial charge on any atom is -0.465 e. The summed E-state index contributed by atoms with van der Waals surface area (Å²) in [5.74, 6) is -0.587. The number of methoxy groups -OCH3 is 1. The molecule has 0 aliphatic carbocycles. The van der Waals surface area contributed by atoms with Crippen molar-refractivity contribution in [2.75, 3.05) is 25.2 Å². The van der Waals surface area contributed by atoms with E-state index in [2.05, 4.69) is 26.0 Å². The van der Waals surface area contributed by atoms with Crippen LogP contribution in [-0.2, 0) is 9.47 Å². The molecule has 1 aliphatic heterocycles. The Hall–Kier alpha value is -2.77. The molecule has 1 aliphatic rings. The lowest BCUT2D eigenvalue weighted by atomic mass is 10.1. The van der Waals surface area contributed by atoms with Crippen LogP contribution in [-0.4, -0.2) is 43.2 Å². The molecule has 1 fully saturated rings. The number of ether oxygens (including phenoxy) is 2. The summed E-state index contributed by atoms with van der Waals surface area (Å²) in [7, 11) is 1.33. The molecule has 1 atom stereocenters. The third-order valence-corrected chi connectivity index (χ3v) is 6.47. The Morgan fingerprint density at radius 3 is 2.53 bits per heavy atom. The van der Waals surface area contributed by atoms with E-state index in [1.807, 2.05) is 0 Å². The molecule has 3 aromatic rings. The standard InChI is InChI=1S/C23H24N2O4S/c1-14-11-19-20(12-15(14)2)30-23(24-19)25(13-18-5-4-10-29-18)21(26)16-6-8-17(9-7-16)22(27)28-3/h6-9,11-12,18H,4-5,10,13H2,1-3H3. The highest BCUT2D eigenvalue weighted by Crippen LogP contribution is 2.32. The van der Waals surface area contributed by atoms with Crippen molar-refractivity contribution in [1.82, 2.24) is 4.98 Å². The van der Waals surface area contributed by atoms with Crippen LogP contribution in [0.4, 0.5) is 5.13 Å². The SMILES string of the molecule is COC(=O)c1ccc(C(=O)N(CC2CCCO2)c2nc3cc(C)c(C)cc3s2)cc1. The Morgan fingerprint density at radius 2 is 1.87 bits per heavy atom. The zero-order chi connectivity index (χ0) is 21.3. The number of carbonyl (C=O) groups excluding carboxylic acids is 2. The first kappa shape index (κ1) is 20.5. The van der Waals surface area contributed by atoms with Crippen molar-refractivity contribution in [2.24, 2.45) is 0 Å². The van der Waals surface area contributed by atoms with Gasteiger partial charge in [-0.15, -0.1) is 0 Å². The van der Waals surface area contributed by atoms with E-state index in [4.69, 9.17) is 14.5 Å². The Labute approximate surface area is 179 Å². The average molecular weight is 425 g/mol. The molecule has 1 amide bonds. The molecule has 0 radical (unpaired) electrons. The van der Waals surface area contributed by atoms with Gasteiger partial charge in [0.1, 0.15) is 0 Å². The molecule has 0 bridgehead atoms. The Bertz CT molecular complexity index is 1050. The van der Waals surface area contributed by atoms with E-state index < -0.39 is 5.97 Å². The van der Waals surface area contributed by atoms with Gasteiger partial charge < -0.3 is 9.47 Å². The molecule has 4 rings (SSSR count). The molecule has 156 valence electrons. The lowest BCUT2D eigenvalue weighted by molar-refractivity contribution is 0.0600. The van der Waals surface area contributed by atoms with Crippen molar-refractivity contribution in [3.63, 3.8) is 0 Å². The van der Waals surface area contributed by atoms with Gasteiger partial charge in [-0.2, -0.15) is 0 Å². The van der Waals surface area contributed by atoms with Crippen molar-refractivity contribution in [1.29, 1.82) is 0 Å². The molecule has 7 heteroatoms. The predicted molar refractivity (Wildman–Crippen MR) is 118 cm³/mol. The summed E-state index contributed by atoms with van der Waals surface area (Å²) >= 11 is 1.51. The van der Waals surface area contributed by atoms with E-state index in [0.717, 1.165) is 29.7 Å². The number of esters is 1. The van der Waals surface area contributed by atoms with E-state index >= 15 is 0 Å². The fourth-order valence-corrected chi connectivity index (χ4v) is 4.60. The number of anilines is 1. The van der Waals surface area contributed by atoms with Crippen molar-refractivity contribution in [3.8, 4) is 0 Å². The zero-order valence-corrected chi connectivity index (χ0v) is 18.1. The van der Waals surface area contributed by atoms with Crippen molar-refractivity contribution in [2.45, 2.75) is 32.8 Å². The van der Waals surface area contributed by atoms with Crippen molar-refractivity contribution in [3.05, 3.63) is 58.7 Å². The van der Waals surface area contributed by atoms with Crippen LogP contribution in [0.3, 0.4) is 0 Å². The number of rotatable bonds is 5. The first-order valence-corrected chi connectivity index (χ1v) is 10.8. The monoisotopic (exact) mass is 424 g/mol. The quantitative estimate of drug-likeness (QED) is 0.563. The molecule has 0 saturated carbocycles. The summed E-state index contributed by atoms with van der Waals surface area (Å²) in [5, 5.41) is 0.660. The van der Waals surface area contributed by atoms with E-state index in [1.165, 1.54) is 29.6 Å². The normalized spacial score (nSPS) is 16.0. The number of benzene rings is 2. The van der Waals surface area contributed by atoms with Crippen LogP contribution in [0, 0.1) is 13.8 Å². The van der Waals surface area contributed by atoms with E-state index in [9.17, 15) is 9.59 Å². The van der Waals surface area contributed by atoms with Gasteiger partial charge in [-0.1, -0.05) is 11.3 Å². The highest BCUT2D eigenvalue weighted by atomic mass is 32.1. The Kier molecular flexibility index (Phi) is 5.83. The lowest BCUT2D eigenvalue weighted by Gasteiger charge is -2.23. The number of fused-ring (bicyclic) bond motifs is 1. The van der Waals surface area contributed by atoms with Crippen LogP contribution < -0.4 is 4.90 Å². The topological polar surface area (TPSA) is 68.7 Å². The van der Waals surface area contributed by atoms with Crippen LogP contribution in [0.5, 0.6) is 0 Å². The summed E-state index contributed by atoms with van der Waals surface area (Å²) in [6.07, 6.45) is 1.92. The second-order valence-electron chi connectivity index (χ2n) is 7.52. The number of amides is 1. The molecule has 0 spiro atoms. The second kappa shape index (κ2) is 8.53. The molecule has 6 nitrogen and oxygen atoms in total. The fraction of sp³-hybridized carbons (Fsp3) is 0.348. The first-order valence-electron chi connectivity index (χ1n) is 9.96. The molecule has 30 heavy (non-hydrogen) atoms. The van der Waals surface area contributed by atoms with Gasteiger partial charge in [0, 0.05) is 12.2 Å². The summed E-state index contributed by atoms with van der Waals surface area (Å²) < 4.78 is 11.6. The van der Waals surface area contributed by atoms with E-state index in [0.29, 0.717) is 22.8 Å². The smallest absolute Gasteiger partial charge is 0.337 e. The first-order chi connectivity index (χ1) is 14.5. The third-order valence-electron chi connectivity index (χ3n) is 5.43. The van der Waals surface area contributed by atoms with Crippen LogP contribution in [0.1, 0.15) is 44.7 Å². The number of hydrogen-bond acceptors (Lipinski definition) is 6. The highest BCUT2D eigenvalue weighted by molar-refractivity contribution is 7.22. The van der Waals surface area contributed by atoms with Gasteiger partial charge in [0.25, 0.3) is 5.91 Å². The number of nitrogens with zero attached hydrogens (tertiary/aromatic N) is 2. The molecule has 2 aromatic carbocycles. The maximum absolute atomic E-state index is 13.4. The Morgan fingerprint density at radius 1 is 1.17 bits per heavy atom. The van der Waals surface area contributed by atoms with Crippen molar-refractivity contribution >= 4 is 38.6 Å². The molecule has 1 aromatic heterocycles. The number of carbonyl (C=O) groups is 2. The zero-order valence-electron chi connectivity index (χ0n) is 17.3. The predicted octanol–water partition coefficient (Wildman–Crippen LogP) is 4.53. The van der Waals surface area contributed by atoms with Crippen molar-refractivity contribution < 1.29 is 19.1 Å². The average Bonchev–Trinajstić information content (AvgIpc) is 3.41. The van der Waals surface area contributed by atoms with Crippen LogP contribution in [0.15, 0.2) is 36.4 Å². The fourth-order valence-electron chi connectivity index (χ4n) is 3.55. The number of thiazole rings is 1. The highest BCUT2D eigenvalue weighted by Gasteiger charge is 2.27. The molecular weight excluding hydrogens is 400 g/mol. The van der Waals surface area contributed by atoms with Crippen LogP contribution >= 0.6 is 11.3 Å². The summed E-state index contributed by atoms with van der Waals surface area (Å²) in [6.45, 7) is 5.31. The maximum Gasteiger partial charge on any atom is 0.337 e. The van der Waals surface area contributed by atoms with Gasteiger partial charge in [0.2, 0.25) is 0 Å². The second-order valence-corrected chi connectivity index (χ2v) is 8.53. The largest absolute Gasteiger partial charge is 0.465 e. The van der Waals surface area contributed by atoms with Crippen LogP contribution in [0.25, 0.3) is 10.2 Å². The van der Waals surface area contributed by atoms with Gasteiger partial charge in [-0.25, -0.2) is 9.78 Å². The minimum absolute atomic E-state index is 0.00113. The number of aryl methyl sites for hydroxylation is 2. The van der Waals surface area contributed by atoms with Gasteiger partial charge in [0.05, 0.1) is 35.5 Å². The van der Waals surface area contributed by atoms with Gasteiger partial charge in [-0.05, 0) is 74.2 Å². The number of aromatic nitrogens is 1. The van der Waals surface area contributed by atoms with Crippen LogP contribution in [0.2, 0.25) is 0 Å². The maximum atomic E-state index is 13.4. The van der Waals surface area contributed by atoms with E-state index in [1.54, 1.807) is 29.2 Å². The summed E-state index contributed by atoms with van der Waals surface area (Å²) in [5.41, 5.74) is 4.17. The molecule has 1 unspecified atom stereocenters. The Balaban J connectivity index is 1.68. The molecular formula is C23H24N2O4S. The molecule has 2 heterocycles. The van der Waals surface area contributed by atoms with E-state index in [-0.39, 0.29) is 12.0 Å². The minimum atomic E-state index is -0.429. The lowest BCUT2D eigenvalue weighted by Crippen LogP contribution is -2.37. The molecule has 1 saturated heterocycles. The van der Waals surface area contributed by atoms with Gasteiger partial charge >= 0.3 is 5.97 Å². The number of hydrogen-bond donors (Lipinski definition) is 0. The molecule has 0 N–H and O–H groups in total. The summed E-state index contributed by atoms with van der Waals surface area (Å²) in [4.78, 5) is 31.6. The third kappa shape index (κ3) is 4.08. The van der Waals surface area contributed by atoms with Gasteiger partial charge in [-0.3, -0.25) is 9.69 Å². The summed E-state index contributed by atoms with van der Waals surface area (Å²) in [6, 6.07) is 10.7.